The van der Waals surface area contributed by atoms with Crippen LogP contribution in [0.2, 0.25) is 0 Å². The second-order valence-electron chi connectivity index (χ2n) is 7.78. The molecular formula is C23H22N3O9P. The third kappa shape index (κ3) is 6.51. The second-order valence-corrected chi connectivity index (χ2v) is 9.02. The van der Waals surface area contributed by atoms with Gasteiger partial charge in [-0.25, -0.2) is 14.2 Å². The van der Waals surface area contributed by atoms with Crippen molar-refractivity contribution in [1.82, 2.24) is 9.55 Å². The molecule has 0 aliphatic carbocycles. The van der Waals surface area contributed by atoms with Crippen LogP contribution in [0.5, 0.6) is 0 Å². The first-order valence-electron chi connectivity index (χ1n) is 10.8. The molecule has 0 radical (unpaired) electrons. The van der Waals surface area contributed by atoms with Crippen molar-refractivity contribution in [3.63, 3.8) is 0 Å². The summed E-state index contributed by atoms with van der Waals surface area (Å²) in [6.07, 6.45) is -1.67. The van der Waals surface area contributed by atoms with Crippen molar-refractivity contribution in [2.45, 2.75) is 24.9 Å². The second kappa shape index (κ2) is 10.9. The van der Waals surface area contributed by atoms with E-state index in [9.17, 15) is 18.9 Å². The summed E-state index contributed by atoms with van der Waals surface area (Å²) < 4.78 is 28.1. The van der Waals surface area contributed by atoms with Crippen molar-refractivity contribution < 1.29 is 37.9 Å². The molecule has 0 unspecified atom stereocenters. The topological polar surface area (TPSA) is 166 Å². The molecule has 13 heteroatoms. The molecule has 188 valence electrons. The lowest BCUT2D eigenvalue weighted by atomic mass is 10.1. The first-order valence-corrected chi connectivity index (χ1v) is 12.3. The third-order valence-corrected chi connectivity index (χ3v) is 5.76. The lowest BCUT2D eigenvalue weighted by molar-refractivity contribution is -0.0512. The minimum atomic E-state index is -4.83. The van der Waals surface area contributed by atoms with Crippen LogP contribution in [-0.4, -0.2) is 50.0 Å². The van der Waals surface area contributed by atoms with E-state index in [0.717, 1.165) is 4.57 Å². The number of amides is 1. The van der Waals surface area contributed by atoms with Gasteiger partial charge in [-0.15, -0.1) is 0 Å². The van der Waals surface area contributed by atoms with Crippen molar-refractivity contribution in [1.29, 1.82) is 0 Å². The van der Waals surface area contributed by atoms with Gasteiger partial charge in [0.2, 0.25) is 0 Å². The van der Waals surface area contributed by atoms with E-state index in [-0.39, 0.29) is 17.8 Å². The predicted octanol–water partition coefficient (Wildman–Crippen LogP) is 2.12. The fourth-order valence-corrected chi connectivity index (χ4v) is 3.92. The van der Waals surface area contributed by atoms with Crippen molar-refractivity contribution in [2.75, 3.05) is 11.9 Å². The van der Waals surface area contributed by atoms with Crippen molar-refractivity contribution in [3.8, 4) is 0 Å². The number of carbonyl (C=O) groups is 2. The molecule has 3 N–H and O–H groups in total. The maximum absolute atomic E-state index is 12.7. The number of hydrogen-bond acceptors (Lipinski definition) is 8. The quantitative estimate of drug-likeness (QED) is 0.299. The van der Waals surface area contributed by atoms with E-state index in [1.54, 1.807) is 60.7 Å². The van der Waals surface area contributed by atoms with Crippen LogP contribution in [0.1, 0.15) is 33.4 Å². The van der Waals surface area contributed by atoms with E-state index in [0.29, 0.717) is 5.56 Å². The number of nitrogens with zero attached hydrogens (tertiary/aromatic N) is 2. The van der Waals surface area contributed by atoms with Gasteiger partial charge in [0, 0.05) is 18.2 Å². The number of anilines is 1. The molecule has 0 spiro atoms. The number of nitrogens with one attached hydrogen (secondary N) is 1. The minimum Gasteiger partial charge on any atom is -0.456 e. The van der Waals surface area contributed by atoms with Gasteiger partial charge in [0.1, 0.15) is 24.3 Å². The zero-order chi connectivity index (χ0) is 25.7. The molecule has 1 fully saturated rings. The largest absolute Gasteiger partial charge is 0.469 e. The number of esters is 1. The van der Waals surface area contributed by atoms with Crippen LogP contribution < -0.4 is 11.0 Å². The zero-order valence-corrected chi connectivity index (χ0v) is 19.6. The summed E-state index contributed by atoms with van der Waals surface area (Å²) >= 11 is 0. The van der Waals surface area contributed by atoms with Gasteiger partial charge in [0.15, 0.2) is 0 Å². The molecule has 36 heavy (non-hydrogen) atoms. The molecule has 1 saturated heterocycles. The van der Waals surface area contributed by atoms with Gasteiger partial charge in [0.05, 0.1) is 12.2 Å². The highest BCUT2D eigenvalue weighted by Crippen LogP contribution is 2.38. The Balaban J connectivity index is 1.49. The van der Waals surface area contributed by atoms with Gasteiger partial charge in [0.25, 0.3) is 5.91 Å². The average Bonchev–Trinajstić information content (AvgIpc) is 3.25. The molecule has 0 saturated carbocycles. The molecule has 12 nitrogen and oxygen atoms in total. The fourth-order valence-electron chi connectivity index (χ4n) is 3.58. The van der Waals surface area contributed by atoms with Crippen LogP contribution in [0.25, 0.3) is 0 Å². The molecule has 1 aliphatic heterocycles. The highest BCUT2D eigenvalue weighted by atomic mass is 31.2. The number of benzene rings is 2. The maximum Gasteiger partial charge on any atom is 0.469 e. The Morgan fingerprint density at radius 1 is 1.06 bits per heavy atom. The number of phosphoric acid groups is 1. The normalized spacial score (nSPS) is 19.6. The minimum absolute atomic E-state index is 0.00886. The summed E-state index contributed by atoms with van der Waals surface area (Å²) in [5.74, 6) is -1.09. The summed E-state index contributed by atoms with van der Waals surface area (Å²) in [6, 6.07) is 17.9. The molecule has 1 aromatic heterocycles. The zero-order valence-electron chi connectivity index (χ0n) is 18.7. The Morgan fingerprint density at radius 2 is 1.69 bits per heavy atom. The highest BCUT2D eigenvalue weighted by molar-refractivity contribution is 7.46. The number of phosphoric ester groups is 1. The molecule has 3 aromatic rings. The molecule has 1 aliphatic rings. The molecule has 0 bridgehead atoms. The van der Waals surface area contributed by atoms with E-state index in [1.807, 2.05) is 0 Å². The van der Waals surface area contributed by atoms with Gasteiger partial charge in [-0.1, -0.05) is 36.4 Å². The highest BCUT2D eigenvalue weighted by Gasteiger charge is 2.40. The molecule has 4 rings (SSSR count). The van der Waals surface area contributed by atoms with Crippen LogP contribution in [0.3, 0.4) is 0 Å². The number of ether oxygens (including phenoxy) is 2. The van der Waals surface area contributed by atoms with Crippen molar-refractivity contribution in [2.24, 2.45) is 0 Å². The smallest absolute Gasteiger partial charge is 0.456 e. The van der Waals surface area contributed by atoms with Crippen LogP contribution in [0.15, 0.2) is 77.7 Å². The molecule has 2 aromatic carbocycles. The summed E-state index contributed by atoms with van der Waals surface area (Å²) in [6.45, 7) is -0.582. The molecule has 1 amide bonds. The van der Waals surface area contributed by atoms with E-state index >= 15 is 0 Å². The summed E-state index contributed by atoms with van der Waals surface area (Å²) in [7, 11) is -4.83. The first-order chi connectivity index (χ1) is 17.2. The summed E-state index contributed by atoms with van der Waals surface area (Å²) in [5, 5.41) is 2.54. The van der Waals surface area contributed by atoms with Crippen LogP contribution in [0.4, 0.5) is 5.82 Å². The summed E-state index contributed by atoms with van der Waals surface area (Å²) in [4.78, 5) is 59.5. The molecule has 2 heterocycles. The van der Waals surface area contributed by atoms with Gasteiger partial charge in [-0.05, 0) is 30.3 Å². The molecule has 3 atom stereocenters. The molecular weight excluding hydrogens is 493 g/mol. The monoisotopic (exact) mass is 515 g/mol. The van der Waals surface area contributed by atoms with Gasteiger partial charge < -0.3 is 24.6 Å². The van der Waals surface area contributed by atoms with Gasteiger partial charge in [-0.2, -0.15) is 4.98 Å². The summed E-state index contributed by atoms with van der Waals surface area (Å²) in [5.41, 5.74) is -0.0953. The first kappa shape index (κ1) is 25.4. The van der Waals surface area contributed by atoms with E-state index in [2.05, 4.69) is 14.8 Å². The maximum atomic E-state index is 12.7. The van der Waals surface area contributed by atoms with Crippen molar-refractivity contribution in [3.05, 3.63) is 94.5 Å². The van der Waals surface area contributed by atoms with Crippen LogP contribution in [0, 0.1) is 0 Å². The number of hydrogen-bond donors (Lipinski definition) is 3. The van der Waals surface area contributed by atoms with Crippen molar-refractivity contribution >= 4 is 25.5 Å². The number of carbonyl (C=O) groups excluding carboxylic acids is 2. The Kier molecular flexibility index (Phi) is 7.73. The third-order valence-electron chi connectivity index (χ3n) is 5.27. The van der Waals surface area contributed by atoms with Crippen LogP contribution >= 0.6 is 7.82 Å². The standard InChI is InChI=1S/C23H22N3O9P/c27-21(15-7-3-1-4-8-15)24-19-11-12-26(23(29)25-19)20-13-17(18(34-20)14-33-36(30,31)32)35-22(28)16-9-5-2-6-10-16/h1-12,17-18,20H,13-14H2,(H2,30,31,32)(H,24,25,27,29)/t17-,18+,20+/m0/s1. The number of rotatable bonds is 8. The average molecular weight is 515 g/mol. The fraction of sp³-hybridized carbons (Fsp3) is 0.217. The van der Waals surface area contributed by atoms with E-state index in [1.165, 1.54) is 12.3 Å². The Bertz CT molecular complexity index is 1330. The van der Waals surface area contributed by atoms with E-state index < -0.39 is 50.4 Å². The Labute approximate surface area is 204 Å². The SMILES string of the molecule is O=C(Nc1ccn([C@H]2C[C@H](OC(=O)c3ccccc3)[C@@H](COP(=O)(O)O)O2)c(=O)n1)c1ccccc1. The van der Waals surface area contributed by atoms with Gasteiger partial charge in [-0.3, -0.25) is 13.9 Å². The Morgan fingerprint density at radius 3 is 2.31 bits per heavy atom. The lowest BCUT2D eigenvalue weighted by Gasteiger charge is -2.19. The predicted molar refractivity (Wildman–Crippen MR) is 125 cm³/mol. The van der Waals surface area contributed by atoms with Gasteiger partial charge >= 0.3 is 19.5 Å². The van der Waals surface area contributed by atoms with Crippen LogP contribution in [-0.2, 0) is 18.6 Å². The van der Waals surface area contributed by atoms with E-state index in [4.69, 9.17) is 19.3 Å². The Hall–Kier alpha value is -3.67. The number of aromatic nitrogens is 2. The lowest BCUT2D eigenvalue weighted by Crippen LogP contribution is -2.31.